The molecule has 0 amide bonds. The molecule has 0 saturated carbocycles. The largest absolute Gasteiger partial charge is 0.353 e. The van der Waals surface area contributed by atoms with Gasteiger partial charge < -0.3 is 10.2 Å². The van der Waals surface area contributed by atoms with Crippen LogP contribution < -0.4 is 5.32 Å². The second kappa shape index (κ2) is 6.56. The van der Waals surface area contributed by atoms with Crippen LogP contribution in [0, 0.1) is 0 Å². The Morgan fingerprint density at radius 1 is 1.00 bits per heavy atom. The normalized spacial score (nSPS) is 14.8. The second-order valence-electron chi connectivity index (χ2n) is 6.64. The zero-order valence-electron chi connectivity index (χ0n) is 14.6. The molecule has 5 heteroatoms. The van der Waals surface area contributed by atoms with Crippen molar-refractivity contribution in [3.63, 3.8) is 0 Å². The molecule has 27 heavy (non-hydrogen) atoms. The molecule has 0 radical (unpaired) electrons. The van der Waals surface area contributed by atoms with Crippen molar-refractivity contribution in [1.29, 1.82) is 0 Å². The summed E-state index contributed by atoms with van der Waals surface area (Å²) >= 11 is 6.20. The Morgan fingerprint density at radius 3 is 2.85 bits per heavy atom. The van der Waals surface area contributed by atoms with E-state index in [4.69, 9.17) is 11.6 Å². The van der Waals surface area contributed by atoms with Gasteiger partial charge in [0, 0.05) is 46.4 Å². The molecule has 2 aromatic carbocycles. The highest BCUT2D eigenvalue weighted by molar-refractivity contribution is 6.30. The molecule has 3 aromatic rings. The predicted octanol–water partition coefficient (Wildman–Crippen LogP) is 5.20. The van der Waals surface area contributed by atoms with E-state index in [0.717, 1.165) is 45.2 Å². The number of rotatable bonds is 2. The summed E-state index contributed by atoms with van der Waals surface area (Å²) in [7, 11) is 0. The Bertz CT molecular complexity index is 1090. The molecule has 0 unspecified atom stereocenters. The summed E-state index contributed by atoms with van der Waals surface area (Å²) in [6.07, 6.45) is 5.67. The molecule has 2 aliphatic heterocycles. The molecule has 1 aromatic heterocycles. The molecule has 3 heterocycles. The van der Waals surface area contributed by atoms with Crippen molar-refractivity contribution >= 4 is 40.5 Å². The van der Waals surface area contributed by atoms with Gasteiger partial charge in [0.15, 0.2) is 0 Å². The van der Waals surface area contributed by atoms with E-state index in [0.29, 0.717) is 6.67 Å². The first kappa shape index (κ1) is 16.1. The third-order valence-corrected chi connectivity index (χ3v) is 5.10. The summed E-state index contributed by atoms with van der Waals surface area (Å²) in [5.41, 5.74) is 7.79. The molecular formula is C22H17ClN4. The summed E-state index contributed by atoms with van der Waals surface area (Å²) < 4.78 is 0. The first-order valence-electron chi connectivity index (χ1n) is 8.84. The molecule has 2 aliphatic rings. The summed E-state index contributed by atoms with van der Waals surface area (Å²) in [6, 6.07) is 18.4. The molecule has 4 nitrogen and oxygen atoms in total. The Labute approximate surface area is 162 Å². The highest BCUT2D eigenvalue weighted by Gasteiger charge is 2.26. The van der Waals surface area contributed by atoms with Gasteiger partial charge in [0.2, 0.25) is 0 Å². The molecule has 0 saturated heterocycles. The first-order chi connectivity index (χ1) is 13.3. The van der Waals surface area contributed by atoms with Crippen molar-refractivity contribution in [3.05, 3.63) is 88.7 Å². The fraction of sp³-hybridized carbons (Fsp3) is 0.0909. The van der Waals surface area contributed by atoms with Crippen molar-refractivity contribution < 1.29 is 0 Å². The highest BCUT2D eigenvalue weighted by Crippen LogP contribution is 2.41. The van der Waals surface area contributed by atoms with E-state index < -0.39 is 0 Å². The molecule has 0 aliphatic carbocycles. The lowest BCUT2D eigenvalue weighted by atomic mass is 9.98. The number of allylic oxidation sites excluding steroid dienone is 1. The zero-order chi connectivity index (χ0) is 18.2. The SMILES string of the molecule is Clc1cccc(CN2CN=CC3=C2c2ccccc2Nc2cnccc23)c1. The minimum absolute atomic E-state index is 0.611. The minimum atomic E-state index is 0.611. The third-order valence-electron chi connectivity index (χ3n) is 4.87. The third kappa shape index (κ3) is 2.88. The van der Waals surface area contributed by atoms with E-state index in [1.165, 1.54) is 5.70 Å². The van der Waals surface area contributed by atoms with Crippen LogP contribution in [0.1, 0.15) is 16.7 Å². The molecule has 1 N–H and O–H groups in total. The number of hydrogen-bond donors (Lipinski definition) is 1. The van der Waals surface area contributed by atoms with E-state index in [9.17, 15) is 0 Å². The smallest absolute Gasteiger partial charge is 0.110 e. The van der Waals surface area contributed by atoms with Gasteiger partial charge in [-0.3, -0.25) is 9.98 Å². The number of nitrogens with one attached hydrogen (secondary N) is 1. The summed E-state index contributed by atoms with van der Waals surface area (Å²) in [6.45, 7) is 1.35. The minimum Gasteiger partial charge on any atom is -0.353 e. The predicted molar refractivity (Wildman–Crippen MR) is 111 cm³/mol. The van der Waals surface area contributed by atoms with Gasteiger partial charge in [0.05, 0.1) is 17.6 Å². The van der Waals surface area contributed by atoms with Crippen LogP contribution >= 0.6 is 11.6 Å². The molecule has 0 bridgehead atoms. The quantitative estimate of drug-likeness (QED) is 0.671. The van der Waals surface area contributed by atoms with Gasteiger partial charge in [-0.15, -0.1) is 0 Å². The van der Waals surface area contributed by atoms with Crippen molar-refractivity contribution in [2.75, 3.05) is 12.0 Å². The lowest BCUT2D eigenvalue weighted by Crippen LogP contribution is -2.26. The Hall–Kier alpha value is -3.11. The van der Waals surface area contributed by atoms with Crippen LogP contribution in [0.5, 0.6) is 0 Å². The lowest BCUT2D eigenvalue weighted by Gasteiger charge is -2.31. The molecule has 0 spiro atoms. The van der Waals surface area contributed by atoms with E-state index in [1.807, 2.05) is 48.9 Å². The molecule has 0 atom stereocenters. The molecule has 5 rings (SSSR count). The number of aliphatic imine (C=N–C) groups is 1. The number of benzene rings is 2. The number of fused-ring (bicyclic) bond motifs is 4. The number of anilines is 2. The molecular weight excluding hydrogens is 356 g/mol. The van der Waals surface area contributed by atoms with Gasteiger partial charge in [0.25, 0.3) is 0 Å². The van der Waals surface area contributed by atoms with Crippen molar-refractivity contribution in [2.45, 2.75) is 6.54 Å². The average Bonchev–Trinajstić information content (AvgIpc) is 2.83. The van der Waals surface area contributed by atoms with Gasteiger partial charge in [-0.05, 0) is 29.8 Å². The van der Waals surface area contributed by atoms with Gasteiger partial charge in [-0.2, -0.15) is 0 Å². The Morgan fingerprint density at radius 2 is 1.93 bits per heavy atom. The van der Waals surface area contributed by atoms with Crippen LogP contribution in [0.2, 0.25) is 5.02 Å². The Kier molecular flexibility index (Phi) is 3.91. The highest BCUT2D eigenvalue weighted by atomic mass is 35.5. The van der Waals surface area contributed by atoms with Crippen molar-refractivity contribution in [1.82, 2.24) is 9.88 Å². The van der Waals surface area contributed by atoms with Gasteiger partial charge in [-0.1, -0.05) is 41.9 Å². The van der Waals surface area contributed by atoms with E-state index >= 15 is 0 Å². The topological polar surface area (TPSA) is 40.5 Å². The summed E-state index contributed by atoms with van der Waals surface area (Å²) in [5.74, 6) is 0. The van der Waals surface area contributed by atoms with Gasteiger partial charge >= 0.3 is 0 Å². The number of para-hydroxylation sites is 1. The zero-order valence-corrected chi connectivity index (χ0v) is 15.3. The lowest BCUT2D eigenvalue weighted by molar-refractivity contribution is 0.403. The fourth-order valence-corrected chi connectivity index (χ4v) is 3.92. The number of pyridine rings is 1. The summed E-state index contributed by atoms with van der Waals surface area (Å²) in [4.78, 5) is 11.2. The van der Waals surface area contributed by atoms with Crippen molar-refractivity contribution in [2.24, 2.45) is 4.99 Å². The van der Waals surface area contributed by atoms with Gasteiger partial charge in [-0.25, -0.2) is 0 Å². The fourth-order valence-electron chi connectivity index (χ4n) is 3.70. The standard InChI is InChI=1S/C22H17ClN4/c23-16-5-3-4-15(10-16)13-27-14-25-11-19-17-8-9-24-12-21(17)26-20-7-2-1-6-18(20)22(19)27/h1-12,26H,13-14H2. The van der Waals surface area contributed by atoms with Crippen LogP contribution in [0.3, 0.4) is 0 Å². The van der Waals surface area contributed by atoms with Crippen molar-refractivity contribution in [3.8, 4) is 0 Å². The van der Waals surface area contributed by atoms with E-state index in [2.05, 4.69) is 44.5 Å². The maximum Gasteiger partial charge on any atom is 0.110 e. The average molecular weight is 373 g/mol. The van der Waals surface area contributed by atoms with Gasteiger partial charge in [0.1, 0.15) is 6.67 Å². The number of nitrogens with zero attached hydrogens (tertiary/aromatic N) is 3. The maximum atomic E-state index is 6.20. The van der Waals surface area contributed by atoms with E-state index in [-0.39, 0.29) is 0 Å². The first-order valence-corrected chi connectivity index (χ1v) is 9.22. The van der Waals surface area contributed by atoms with Crippen LogP contribution in [0.25, 0.3) is 11.3 Å². The number of aromatic nitrogens is 1. The molecule has 0 fully saturated rings. The van der Waals surface area contributed by atoms with Crippen LogP contribution in [0.15, 0.2) is 72.0 Å². The summed E-state index contributed by atoms with van der Waals surface area (Å²) in [5, 5.41) is 4.29. The second-order valence-corrected chi connectivity index (χ2v) is 7.07. The van der Waals surface area contributed by atoms with Crippen LogP contribution in [0.4, 0.5) is 11.4 Å². The van der Waals surface area contributed by atoms with E-state index in [1.54, 1.807) is 0 Å². The maximum absolute atomic E-state index is 6.20. The number of hydrogen-bond acceptors (Lipinski definition) is 4. The molecule has 132 valence electrons. The van der Waals surface area contributed by atoms with Crippen LogP contribution in [-0.4, -0.2) is 22.8 Å². The number of halogens is 1. The van der Waals surface area contributed by atoms with Crippen LogP contribution in [-0.2, 0) is 6.54 Å². The monoisotopic (exact) mass is 372 g/mol. The Balaban J connectivity index is 1.69.